The monoisotopic (exact) mass is 253 g/mol. The fourth-order valence-electron chi connectivity index (χ4n) is 2.49. The van der Waals surface area contributed by atoms with E-state index in [1.54, 1.807) is 0 Å². The van der Waals surface area contributed by atoms with E-state index in [1.807, 2.05) is 18.2 Å². The average Bonchev–Trinajstić information content (AvgIpc) is 2.39. The lowest BCUT2D eigenvalue weighted by Crippen LogP contribution is -2.33. The lowest BCUT2D eigenvalue weighted by Gasteiger charge is -2.33. The summed E-state index contributed by atoms with van der Waals surface area (Å²) in [5.74, 6) is 0.877. The molecule has 1 fully saturated rings. The number of piperidine rings is 1. The van der Waals surface area contributed by atoms with Crippen molar-refractivity contribution in [2.75, 3.05) is 18.0 Å². The summed E-state index contributed by atoms with van der Waals surface area (Å²) in [4.78, 5) is 2.36. The highest BCUT2D eigenvalue weighted by atomic mass is 35.5. The van der Waals surface area contributed by atoms with Gasteiger partial charge >= 0.3 is 0 Å². The molecule has 2 rings (SSSR count). The van der Waals surface area contributed by atoms with E-state index in [0.717, 1.165) is 35.3 Å². The zero-order chi connectivity index (χ0) is 12.3. The molecule has 3 heteroatoms. The van der Waals surface area contributed by atoms with Gasteiger partial charge in [0.15, 0.2) is 0 Å². The molecule has 17 heavy (non-hydrogen) atoms. The molecule has 2 nitrogen and oxygen atoms in total. The smallest absolute Gasteiger partial charge is 0.0682 e. The van der Waals surface area contributed by atoms with Crippen molar-refractivity contribution in [3.05, 3.63) is 28.8 Å². The van der Waals surface area contributed by atoms with E-state index in [4.69, 9.17) is 16.7 Å². The van der Waals surface area contributed by atoms with Crippen molar-refractivity contribution in [1.29, 1.82) is 0 Å². The second-order valence-electron chi connectivity index (χ2n) is 4.78. The van der Waals surface area contributed by atoms with Gasteiger partial charge in [-0.3, -0.25) is 0 Å². The van der Waals surface area contributed by atoms with Crippen LogP contribution in [0.15, 0.2) is 18.2 Å². The summed E-state index contributed by atoms with van der Waals surface area (Å²) in [5, 5.41) is 9.81. The third kappa shape index (κ3) is 2.93. The van der Waals surface area contributed by atoms with Gasteiger partial charge in [-0.15, -0.1) is 0 Å². The zero-order valence-electron chi connectivity index (χ0n) is 10.3. The number of benzene rings is 1. The van der Waals surface area contributed by atoms with Crippen LogP contribution >= 0.6 is 11.6 Å². The van der Waals surface area contributed by atoms with E-state index >= 15 is 0 Å². The van der Waals surface area contributed by atoms with E-state index in [9.17, 15) is 0 Å². The van der Waals surface area contributed by atoms with E-state index < -0.39 is 0 Å². The summed E-state index contributed by atoms with van der Waals surface area (Å²) in [7, 11) is 0. The molecule has 1 aliphatic rings. The molecule has 0 bridgehead atoms. The number of anilines is 1. The Labute approximate surface area is 108 Å². The van der Waals surface area contributed by atoms with Gasteiger partial charge in [0.1, 0.15) is 0 Å². The highest BCUT2D eigenvalue weighted by Crippen LogP contribution is 2.31. The molecule has 0 spiro atoms. The quantitative estimate of drug-likeness (QED) is 0.892. The molecule has 1 aromatic carbocycles. The van der Waals surface area contributed by atoms with Gasteiger partial charge in [-0.05, 0) is 36.5 Å². The summed E-state index contributed by atoms with van der Waals surface area (Å²) in [6.45, 7) is 4.51. The van der Waals surface area contributed by atoms with Crippen LogP contribution in [-0.4, -0.2) is 18.2 Å². The largest absolute Gasteiger partial charge is 0.392 e. The normalized spacial score (nSPS) is 17.5. The summed E-state index contributed by atoms with van der Waals surface area (Å²) < 4.78 is 0. The van der Waals surface area contributed by atoms with Gasteiger partial charge in [-0.1, -0.05) is 31.0 Å². The summed E-state index contributed by atoms with van der Waals surface area (Å²) >= 11 is 6.26. The van der Waals surface area contributed by atoms with E-state index in [1.165, 1.54) is 19.3 Å². The number of nitrogens with zero attached hydrogens (tertiary/aromatic N) is 1. The molecule has 1 N–H and O–H groups in total. The minimum absolute atomic E-state index is 0.0535. The Kier molecular flexibility index (Phi) is 4.30. The van der Waals surface area contributed by atoms with Gasteiger partial charge in [-0.2, -0.15) is 0 Å². The van der Waals surface area contributed by atoms with Gasteiger partial charge < -0.3 is 10.0 Å². The molecule has 0 radical (unpaired) electrons. The predicted molar refractivity (Wildman–Crippen MR) is 72.6 cm³/mol. The zero-order valence-corrected chi connectivity index (χ0v) is 11.1. The van der Waals surface area contributed by atoms with Crippen LogP contribution in [-0.2, 0) is 6.61 Å². The Bertz CT molecular complexity index is 372. The molecular weight excluding hydrogens is 234 g/mol. The van der Waals surface area contributed by atoms with Crippen LogP contribution in [0.3, 0.4) is 0 Å². The first-order chi connectivity index (χ1) is 8.24. The molecule has 0 unspecified atom stereocenters. The first-order valence-corrected chi connectivity index (χ1v) is 6.76. The molecule has 0 atom stereocenters. The molecule has 94 valence electrons. The number of halogens is 1. The molecule has 0 aromatic heterocycles. The summed E-state index contributed by atoms with van der Waals surface area (Å²) in [6, 6.07) is 5.84. The lowest BCUT2D eigenvalue weighted by molar-refractivity contribution is 0.282. The van der Waals surface area contributed by atoms with Crippen LogP contribution < -0.4 is 4.90 Å². The van der Waals surface area contributed by atoms with Crippen molar-refractivity contribution in [3.8, 4) is 0 Å². The Balaban J connectivity index is 2.08. The first kappa shape index (κ1) is 12.7. The minimum atomic E-state index is 0.0535. The molecule has 1 aliphatic heterocycles. The van der Waals surface area contributed by atoms with Gasteiger partial charge in [0.05, 0.1) is 17.3 Å². The summed E-state index contributed by atoms with van der Waals surface area (Å²) in [5.41, 5.74) is 1.99. The maximum absolute atomic E-state index is 9.06. The van der Waals surface area contributed by atoms with Gasteiger partial charge in [-0.25, -0.2) is 0 Å². The van der Waals surface area contributed by atoms with E-state index in [-0.39, 0.29) is 6.61 Å². The molecule has 0 aliphatic carbocycles. The molecule has 1 heterocycles. The van der Waals surface area contributed by atoms with Crippen LogP contribution in [0.25, 0.3) is 0 Å². The minimum Gasteiger partial charge on any atom is -0.392 e. The van der Waals surface area contributed by atoms with Crippen LogP contribution in [0, 0.1) is 5.92 Å². The second kappa shape index (κ2) is 5.74. The Morgan fingerprint density at radius 1 is 1.35 bits per heavy atom. The average molecular weight is 254 g/mol. The van der Waals surface area contributed by atoms with Crippen molar-refractivity contribution in [2.24, 2.45) is 5.92 Å². The maximum Gasteiger partial charge on any atom is 0.0682 e. The molecule has 0 saturated carbocycles. The number of rotatable bonds is 3. The van der Waals surface area contributed by atoms with Crippen LogP contribution in [0.2, 0.25) is 5.02 Å². The van der Waals surface area contributed by atoms with Gasteiger partial charge in [0, 0.05) is 13.1 Å². The molecule has 1 saturated heterocycles. The lowest BCUT2D eigenvalue weighted by atomic mass is 9.94. The second-order valence-corrected chi connectivity index (χ2v) is 5.19. The summed E-state index contributed by atoms with van der Waals surface area (Å²) in [6.07, 6.45) is 3.80. The SMILES string of the molecule is CCC1CCN(c2ccc(CO)cc2Cl)CC1. The highest BCUT2D eigenvalue weighted by molar-refractivity contribution is 6.33. The van der Waals surface area contributed by atoms with Crippen molar-refractivity contribution in [3.63, 3.8) is 0 Å². The number of hydrogen-bond donors (Lipinski definition) is 1. The highest BCUT2D eigenvalue weighted by Gasteiger charge is 2.19. The molecule has 1 aromatic rings. The standard InChI is InChI=1S/C14H20ClNO/c1-2-11-5-7-16(8-6-11)14-4-3-12(10-17)9-13(14)15/h3-4,9,11,17H,2,5-8,10H2,1H3. The van der Waals surface area contributed by atoms with Crippen molar-refractivity contribution in [2.45, 2.75) is 32.8 Å². The van der Waals surface area contributed by atoms with Crippen LogP contribution in [0.4, 0.5) is 5.69 Å². The maximum atomic E-state index is 9.06. The van der Waals surface area contributed by atoms with E-state index in [2.05, 4.69) is 11.8 Å². The van der Waals surface area contributed by atoms with Crippen LogP contribution in [0.1, 0.15) is 31.7 Å². The third-order valence-corrected chi connectivity index (χ3v) is 4.03. The fourth-order valence-corrected chi connectivity index (χ4v) is 2.81. The fraction of sp³-hybridized carbons (Fsp3) is 0.571. The van der Waals surface area contributed by atoms with Crippen molar-refractivity contribution >= 4 is 17.3 Å². The number of hydrogen-bond acceptors (Lipinski definition) is 2. The predicted octanol–water partition coefficient (Wildman–Crippen LogP) is 3.46. The van der Waals surface area contributed by atoms with Crippen LogP contribution in [0.5, 0.6) is 0 Å². The Morgan fingerprint density at radius 2 is 2.06 bits per heavy atom. The first-order valence-electron chi connectivity index (χ1n) is 6.38. The Morgan fingerprint density at radius 3 is 2.59 bits per heavy atom. The van der Waals surface area contributed by atoms with Crippen molar-refractivity contribution in [1.82, 2.24) is 0 Å². The number of aliphatic hydroxyl groups excluding tert-OH is 1. The van der Waals surface area contributed by atoms with Gasteiger partial charge in [0.25, 0.3) is 0 Å². The van der Waals surface area contributed by atoms with Gasteiger partial charge in [0.2, 0.25) is 0 Å². The third-order valence-electron chi connectivity index (χ3n) is 3.73. The van der Waals surface area contributed by atoms with Crippen molar-refractivity contribution < 1.29 is 5.11 Å². The number of aliphatic hydroxyl groups is 1. The topological polar surface area (TPSA) is 23.5 Å². The molecule has 0 amide bonds. The molecular formula is C14H20ClNO. The Hall–Kier alpha value is -0.730. The van der Waals surface area contributed by atoms with E-state index in [0.29, 0.717) is 0 Å².